The van der Waals surface area contributed by atoms with E-state index in [9.17, 15) is 4.79 Å². The molecule has 1 aliphatic carbocycles. The zero-order chi connectivity index (χ0) is 16.4. The Morgan fingerprint density at radius 3 is 2.43 bits per heavy atom. The van der Waals surface area contributed by atoms with Crippen LogP contribution in [0.1, 0.15) is 51.5 Å². The van der Waals surface area contributed by atoms with Crippen LogP contribution < -0.4 is 0 Å². The molecule has 2 unspecified atom stereocenters. The fraction of sp³-hybridized carbons (Fsp3) is 0.650. The van der Waals surface area contributed by atoms with E-state index < -0.39 is 0 Å². The van der Waals surface area contributed by atoms with Gasteiger partial charge in [-0.05, 0) is 50.5 Å². The highest BCUT2D eigenvalue weighted by molar-refractivity contribution is 6.17. The summed E-state index contributed by atoms with van der Waals surface area (Å²) in [5.41, 5.74) is 0.867. The van der Waals surface area contributed by atoms with Gasteiger partial charge >= 0.3 is 0 Å². The van der Waals surface area contributed by atoms with Crippen molar-refractivity contribution in [2.75, 3.05) is 12.4 Å². The Bertz CT molecular complexity index is 538. The Balaban J connectivity index is 2.12. The first-order chi connectivity index (χ1) is 11.1. The van der Waals surface area contributed by atoms with Crippen molar-refractivity contribution in [1.82, 2.24) is 4.90 Å². The molecule has 2 aliphatic rings. The zero-order valence-electron chi connectivity index (χ0n) is 14.3. The van der Waals surface area contributed by atoms with Crippen molar-refractivity contribution in [3.05, 3.63) is 35.9 Å². The predicted molar refractivity (Wildman–Crippen MR) is 95.8 cm³/mol. The number of benzene rings is 1. The van der Waals surface area contributed by atoms with E-state index in [-0.39, 0.29) is 11.5 Å². The molecule has 3 rings (SSSR count). The summed E-state index contributed by atoms with van der Waals surface area (Å²) in [5.74, 6) is 1.78. The first-order valence-corrected chi connectivity index (χ1v) is 9.58. The topological polar surface area (TPSA) is 20.3 Å². The van der Waals surface area contributed by atoms with E-state index in [2.05, 4.69) is 43.0 Å². The smallest absolute Gasteiger partial charge is 0.234 e. The predicted octanol–water partition coefficient (Wildman–Crippen LogP) is 4.61. The van der Waals surface area contributed by atoms with Gasteiger partial charge in [0.15, 0.2) is 0 Å². The van der Waals surface area contributed by atoms with Gasteiger partial charge in [-0.2, -0.15) is 0 Å². The Morgan fingerprint density at radius 2 is 1.87 bits per heavy atom. The van der Waals surface area contributed by atoms with Crippen molar-refractivity contribution >= 4 is 17.5 Å². The van der Waals surface area contributed by atoms with E-state index in [4.69, 9.17) is 11.6 Å². The molecule has 1 saturated carbocycles. The van der Waals surface area contributed by atoms with Gasteiger partial charge in [-0.3, -0.25) is 4.79 Å². The van der Waals surface area contributed by atoms with Crippen molar-refractivity contribution < 1.29 is 4.79 Å². The second kappa shape index (κ2) is 6.84. The van der Waals surface area contributed by atoms with Gasteiger partial charge in [-0.1, -0.05) is 43.2 Å². The first kappa shape index (κ1) is 16.8. The van der Waals surface area contributed by atoms with Crippen molar-refractivity contribution in [1.29, 1.82) is 0 Å². The van der Waals surface area contributed by atoms with Crippen molar-refractivity contribution in [2.24, 2.45) is 11.8 Å². The molecule has 1 aliphatic heterocycles. The fourth-order valence-corrected chi connectivity index (χ4v) is 5.23. The number of halogens is 1. The summed E-state index contributed by atoms with van der Waals surface area (Å²) in [7, 11) is 0. The minimum atomic E-state index is -0.350. The number of alkyl halides is 1. The number of hydrogen-bond acceptors (Lipinski definition) is 1. The maximum absolute atomic E-state index is 13.6. The van der Waals surface area contributed by atoms with E-state index in [0.29, 0.717) is 23.6 Å². The van der Waals surface area contributed by atoms with E-state index in [1.807, 2.05) is 6.07 Å². The number of nitrogens with zero attached hydrogens (tertiary/aromatic N) is 1. The normalized spacial score (nSPS) is 29.0. The van der Waals surface area contributed by atoms with Crippen LogP contribution in [0.15, 0.2) is 30.3 Å². The number of amides is 1. The summed E-state index contributed by atoms with van der Waals surface area (Å²) in [6, 6.07) is 10.8. The van der Waals surface area contributed by atoms with E-state index in [1.54, 1.807) is 0 Å². The van der Waals surface area contributed by atoms with Gasteiger partial charge in [-0.15, -0.1) is 11.6 Å². The van der Waals surface area contributed by atoms with Crippen molar-refractivity contribution in [3.8, 4) is 0 Å². The molecule has 3 heteroatoms. The summed E-state index contributed by atoms with van der Waals surface area (Å²) in [4.78, 5) is 15.7. The number of hydrogen-bond donors (Lipinski definition) is 0. The largest absolute Gasteiger partial charge is 0.339 e. The van der Waals surface area contributed by atoms with Crippen LogP contribution in [0.4, 0.5) is 0 Å². The van der Waals surface area contributed by atoms with E-state index >= 15 is 0 Å². The molecule has 2 fully saturated rings. The molecule has 23 heavy (non-hydrogen) atoms. The van der Waals surface area contributed by atoms with Crippen LogP contribution >= 0.6 is 11.6 Å². The second-order valence-corrected chi connectivity index (χ2v) is 7.82. The molecule has 0 bridgehead atoms. The molecule has 2 atom stereocenters. The van der Waals surface area contributed by atoms with Gasteiger partial charge in [0.1, 0.15) is 0 Å². The Labute approximate surface area is 145 Å². The Morgan fingerprint density at radius 1 is 1.22 bits per heavy atom. The molecule has 1 amide bonds. The molecule has 1 aromatic carbocycles. The third-order valence-corrected chi connectivity index (χ3v) is 6.23. The van der Waals surface area contributed by atoms with Crippen LogP contribution in [0.3, 0.4) is 0 Å². The quantitative estimate of drug-likeness (QED) is 0.720. The van der Waals surface area contributed by atoms with E-state index in [1.165, 1.54) is 31.2 Å². The number of likely N-dealkylation sites (tertiary alicyclic amines) is 1. The number of carbonyl (C=O) groups is 1. The highest BCUT2D eigenvalue weighted by atomic mass is 35.5. The van der Waals surface area contributed by atoms with Crippen molar-refractivity contribution in [3.63, 3.8) is 0 Å². The van der Waals surface area contributed by atoms with Gasteiger partial charge in [0.2, 0.25) is 5.91 Å². The minimum Gasteiger partial charge on any atom is -0.339 e. The standard InChI is InChI=1S/C20H28ClNO/c1-15(2)22-14-18(12-13-21)20(19(22)23,17-10-6-7-11-17)16-8-4-3-5-9-16/h3-5,8-9,15,17-18H,6-7,10-14H2,1-2H3. The minimum absolute atomic E-state index is 0.257. The molecule has 126 valence electrons. The van der Waals surface area contributed by atoms with Crippen LogP contribution in [0.5, 0.6) is 0 Å². The Hall–Kier alpha value is -1.02. The summed E-state index contributed by atoms with van der Waals surface area (Å²) in [5, 5.41) is 0. The molecular formula is C20H28ClNO. The van der Waals surface area contributed by atoms with Crippen LogP contribution in [-0.4, -0.2) is 29.3 Å². The third kappa shape index (κ3) is 2.69. The lowest BCUT2D eigenvalue weighted by Crippen LogP contribution is -2.47. The van der Waals surface area contributed by atoms with Gasteiger partial charge < -0.3 is 4.90 Å². The fourth-order valence-electron chi connectivity index (χ4n) is 4.97. The average molecular weight is 334 g/mol. The summed E-state index contributed by atoms with van der Waals surface area (Å²) < 4.78 is 0. The van der Waals surface area contributed by atoms with Crippen LogP contribution in [0.25, 0.3) is 0 Å². The summed E-state index contributed by atoms with van der Waals surface area (Å²) >= 11 is 6.15. The van der Waals surface area contributed by atoms with Crippen LogP contribution in [0.2, 0.25) is 0 Å². The first-order valence-electron chi connectivity index (χ1n) is 9.05. The molecule has 0 N–H and O–H groups in total. The van der Waals surface area contributed by atoms with E-state index in [0.717, 1.165) is 13.0 Å². The Kier molecular flexibility index (Phi) is 5.01. The highest BCUT2D eigenvalue weighted by Crippen LogP contribution is 2.53. The van der Waals surface area contributed by atoms with Gasteiger partial charge in [-0.25, -0.2) is 0 Å². The second-order valence-electron chi connectivity index (χ2n) is 7.44. The molecule has 1 heterocycles. The van der Waals surface area contributed by atoms with Crippen molar-refractivity contribution in [2.45, 2.75) is 57.4 Å². The highest BCUT2D eigenvalue weighted by Gasteiger charge is 2.59. The lowest BCUT2D eigenvalue weighted by atomic mass is 9.62. The third-order valence-electron chi connectivity index (χ3n) is 6.01. The molecule has 1 aromatic rings. The number of rotatable bonds is 5. The monoisotopic (exact) mass is 333 g/mol. The maximum atomic E-state index is 13.6. The molecular weight excluding hydrogens is 306 g/mol. The maximum Gasteiger partial charge on any atom is 0.234 e. The molecule has 0 radical (unpaired) electrons. The zero-order valence-corrected chi connectivity index (χ0v) is 15.1. The van der Waals surface area contributed by atoms with Gasteiger partial charge in [0.25, 0.3) is 0 Å². The average Bonchev–Trinajstić information content (AvgIpc) is 3.16. The summed E-state index contributed by atoms with van der Waals surface area (Å²) in [6.07, 6.45) is 5.77. The number of carbonyl (C=O) groups excluding carboxylic acids is 1. The van der Waals surface area contributed by atoms with Gasteiger partial charge in [0, 0.05) is 18.5 Å². The van der Waals surface area contributed by atoms with Crippen LogP contribution in [0, 0.1) is 11.8 Å². The molecule has 1 saturated heterocycles. The van der Waals surface area contributed by atoms with Gasteiger partial charge in [0.05, 0.1) is 5.41 Å². The summed E-state index contributed by atoms with van der Waals surface area (Å²) in [6.45, 7) is 5.12. The molecule has 0 aromatic heterocycles. The lowest BCUT2D eigenvalue weighted by Gasteiger charge is -2.39. The molecule has 0 spiro atoms. The lowest BCUT2D eigenvalue weighted by molar-refractivity contribution is -0.136. The van der Waals surface area contributed by atoms with Crippen LogP contribution in [-0.2, 0) is 10.2 Å². The SMILES string of the molecule is CC(C)N1CC(CCCl)C(c2ccccc2)(C2CCCC2)C1=O. The molecule has 2 nitrogen and oxygen atoms in total.